The summed E-state index contributed by atoms with van der Waals surface area (Å²) in [6, 6.07) is 29.2. The van der Waals surface area contributed by atoms with E-state index in [9.17, 15) is 19.8 Å². The minimum Gasteiger partial charge on any atom is -0.508 e. The van der Waals surface area contributed by atoms with Gasteiger partial charge in [0, 0.05) is 5.41 Å². The molecule has 1 atom stereocenters. The number of aliphatic imine (C=N–C) groups is 2. The van der Waals surface area contributed by atoms with E-state index in [2.05, 4.69) is 23.8 Å². The molecule has 0 aromatic heterocycles. The van der Waals surface area contributed by atoms with Crippen LogP contribution in [-0.2, 0) is 26.2 Å². The number of aromatic hydroxyl groups is 2. The van der Waals surface area contributed by atoms with Crippen LogP contribution in [-0.4, -0.2) is 41.0 Å². The molecule has 0 bridgehead atoms. The first-order valence-electron chi connectivity index (χ1n) is 12.9. The van der Waals surface area contributed by atoms with Crippen LogP contribution in [0.3, 0.4) is 0 Å². The molecule has 0 saturated carbocycles. The number of nitrogens with zero attached hydrogens (tertiary/aromatic N) is 2. The second kappa shape index (κ2) is 15.3. The minimum atomic E-state index is -0.151. The summed E-state index contributed by atoms with van der Waals surface area (Å²) >= 11 is 5.27. The molecule has 0 spiro atoms. The number of benzene rings is 4. The van der Waals surface area contributed by atoms with Gasteiger partial charge in [0.05, 0.1) is 30.0 Å². The summed E-state index contributed by atoms with van der Waals surface area (Å²) in [5, 5.41) is 18.6. The Labute approximate surface area is 244 Å². The van der Waals surface area contributed by atoms with Gasteiger partial charge in [0.2, 0.25) is 12.2 Å². The van der Waals surface area contributed by atoms with Crippen LogP contribution in [0, 0.1) is 0 Å². The van der Waals surface area contributed by atoms with Crippen LogP contribution in [0.5, 0.6) is 11.5 Å². The fourth-order valence-electron chi connectivity index (χ4n) is 3.80. The van der Waals surface area contributed by atoms with E-state index in [0.717, 1.165) is 35.3 Å². The fourth-order valence-corrected chi connectivity index (χ4v) is 3.98. The van der Waals surface area contributed by atoms with Gasteiger partial charge in [0.1, 0.15) is 11.5 Å². The molecule has 7 nitrogen and oxygen atoms in total. The molecule has 1 heterocycles. The zero-order valence-electron chi connectivity index (χ0n) is 22.8. The van der Waals surface area contributed by atoms with E-state index >= 15 is 0 Å². The molecule has 0 radical (unpaired) electrons. The maximum absolute atomic E-state index is 10.1. The number of hydrogen-bond acceptors (Lipinski definition) is 7. The lowest BCUT2D eigenvalue weighted by molar-refractivity contribution is 0.425. The molecule has 1 saturated heterocycles. The van der Waals surface area contributed by atoms with Gasteiger partial charge in [-0.3, -0.25) is 0 Å². The Morgan fingerprint density at radius 3 is 1.37 bits per heavy atom. The van der Waals surface area contributed by atoms with Crippen LogP contribution in [0.1, 0.15) is 36.1 Å². The molecule has 4 aromatic carbocycles. The number of alkyl halides is 1. The van der Waals surface area contributed by atoms with Gasteiger partial charge in [0.15, 0.2) is 0 Å². The van der Waals surface area contributed by atoms with E-state index in [4.69, 9.17) is 16.3 Å². The third kappa shape index (κ3) is 10.2. The Hall–Kier alpha value is -4.51. The zero-order valence-corrected chi connectivity index (χ0v) is 23.6. The highest BCUT2D eigenvalue weighted by Gasteiger charge is 2.22. The number of rotatable bonds is 7. The zero-order chi connectivity index (χ0) is 29.7. The van der Waals surface area contributed by atoms with E-state index in [1.54, 1.807) is 48.5 Å². The van der Waals surface area contributed by atoms with Crippen molar-refractivity contribution in [1.29, 1.82) is 0 Å². The molecule has 5 rings (SSSR count). The molecule has 0 amide bonds. The van der Waals surface area contributed by atoms with Crippen molar-refractivity contribution < 1.29 is 24.5 Å². The van der Waals surface area contributed by atoms with Gasteiger partial charge in [-0.1, -0.05) is 62.4 Å². The highest BCUT2D eigenvalue weighted by atomic mass is 35.5. The second-order valence-corrected chi connectivity index (χ2v) is 10.1. The fraction of sp³-hybridized carbons (Fsp3) is 0.212. The van der Waals surface area contributed by atoms with E-state index in [-0.39, 0.29) is 16.9 Å². The predicted molar refractivity (Wildman–Crippen MR) is 160 cm³/mol. The number of phenolic OH excluding ortho intramolecular Hbond substituents is 2. The van der Waals surface area contributed by atoms with Crippen molar-refractivity contribution >= 4 is 35.1 Å². The van der Waals surface area contributed by atoms with E-state index in [0.29, 0.717) is 23.4 Å². The number of phenols is 2. The molecular formula is C33H31ClN2O5. The second-order valence-electron chi connectivity index (χ2n) is 9.74. The Morgan fingerprint density at radius 2 is 1.10 bits per heavy atom. The largest absolute Gasteiger partial charge is 0.508 e. The molecule has 1 aliphatic rings. The van der Waals surface area contributed by atoms with Crippen molar-refractivity contribution in [2.24, 2.45) is 9.98 Å². The van der Waals surface area contributed by atoms with Crippen LogP contribution >= 0.6 is 11.6 Å². The van der Waals surface area contributed by atoms with E-state index < -0.39 is 0 Å². The number of halogens is 1. The van der Waals surface area contributed by atoms with Crippen molar-refractivity contribution in [3.8, 4) is 11.5 Å². The topological polar surface area (TPSA) is 112 Å². The third-order valence-corrected chi connectivity index (χ3v) is 6.73. The van der Waals surface area contributed by atoms with E-state index in [1.165, 1.54) is 12.2 Å². The number of isocyanates is 2. The number of hydrogen-bond donors (Lipinski definition) is 2. The lowest BCUT2D eigenvalue weighted by Crippen LogP contribution is -2.18. The smallest absolute Gasteiger partial charge is 0.240 e. The van der Waals surface area contributed by atoms with Gasteiger partial charge >= 0.3 is 0 Å². The van der Waals surface area contributed by atoms with Crippen molar-refractivity contribution in [2.45, 2.75) is 31.8 Å². The monoisotopic (exact) mass is 570 g/mol. The molecule has 1 unspecified atom stereocenters. The Bertz CT molecular complexity index is 1360. The standard InChI is InChI=1S/C15H10N2O2.C15H16O2.C3H5ClO/c18-10-16-14-5-1-12(2-6-14)9-13-3-7-15(8-4-13)17-11-19;1-15(2,11-3-7-13(16)8-4-11)12-5-9-14(17)10-6-12;4-1-3-2-5-3/h1-8H,9H2;3-10,16-17H,1-2H3;3H,1-2H2. The molecule has 4 aromatic rings. The molecule has 0 aliphatic carbocycles. The minimum absolute atomic E-state index is 0.151. The average Bonchev–Trinajstić information content (AvgIpc) is 3.82. The van der Waals surface area contributed by atoms with Gasteiger partial charge in [0.25, 0.3) is 0 Å². The molecule has 2 N–H and O–H groups in total. The molecule has 41 heavy (non-hydrogen) atoms. The van der Waals surface area contributed by atoms with Gasteiger partial charge in [-0.2, -0.15) is 9.98 Å². The summed E-state index contributed by atoms with van der Waals surface area (Å²) < 4.78 is 4.73. The van der Waals surface area contributed by atoms with Crippen molar-refractivity contribution in [2.75, 3.05) is 12.5 Å². The third-order valence-electron chi connectivity index (χ3n) is 6.38. The summed E-state index contributed by atoms with van der Waals surface area (Å²) in [6.07, 6.45) is 4.17. The molecule has 210 valence electrons. The Morgan fingerprint density at radius 1 is 0.732 bits per heavy atom. The molecule has 1 fully saturated rings. The Balaban J connectivity index is 0.000000193. The number of epoxide rings is 1. The first-order chi connectivity index (χ1) is 19.7. The van der Waals surface area contributed by atoms with Crippen LogP contribution in [0.25, 0.3) is 0 Å². The molecule has 8 heteroatoms. The quantitative estimate of drug-likeness (QED) is 0.105. The SMILES string of the molecule is CC(C)(c1ccc(O)cc1)c1ccc(O)cc1.ClCC1CO1.O=C=Nc1ccc(Cc2ccc(N=C=O)cc2)cc1. The molecular weight excluding hydrogens is 540 g/mol. The summed E-state index contributed by atoms with van der Waals surface area (Å²) in [4.78, 5) is 27.3. The lowest BCUT2D eigenvalue weighted by atomic mass is 9.78. The van der Waals surface area contributed by atoms with Gasteiger partial charge in [-0.05, 0) is 77.2 Å². The summed E-state index contributed by atoms with van der Waals surface area (Å²) in [7, 11) is 0. The lowest BCUT2D eigenvalue weighted by Gasteiger charge is -2.26. The predicted octanol–water partition coefficient (Wildman–Crippen LogP) is 7.26. The first kappa shape index (κ1) is 31.0. The highest BCUT2D eigenvalue weighted by molar-refractivity contribution is 6.18. The molecule has 1 aliphatic heterocycles. The number of carbonyl (C=O) groups excluding carboxylic acids is 2. The van der Waals surface area contributed by atoms with Crippen LogP contribution < -0.4 is 0 Å². The van der Waals surface area contributed by atoms with Crippen LogP contribution in [0.15, 0.2) is 107 Å². The van der Waals surface area contributed by atoms with Crippen LogP contribution in [0.4, 0.5) is 11.4 Å². The number of ether oxygens (including phenoxy) is 1. The summed E-state index contributed by atoms with van der Waals surface area (Å²) in [5.74, 6) is 1.21. The van der Waals surface area contributed by atoms with E-state index in [1.807, 2.05) is 48.5 Å². The summed E-state index contributed by atoms with van der Waals surface area (Å²) in [6.45, 7) is 5.11. The van der Waals surface area contributed by atoms with Gasteiger partial charge in [-0.15, -0.1) is 11.6 Å². The van der Waals surface area contributed by atoms with Crippen molar-refractivity contribution in [3.05, 3.63) is 119 Å². The maximum atomic E-state index is 10.1. The first-order valence-corrected chi connectivity index (χ1v) is 13.4. The normalized spacial score (nSPS) is 13.2. The van der Waals surface area contributed by atoms with Crippen LogP contribution in [0.2, 0.25) is 0 Å². The Kier molecular flexibility index (Phi) is 11.6. The van der Waals surface area contributed by atoms with Crippen molar-refractivity contribution in [3.63, 3.8) is 0 Å². The maximum Gasteiger partial charge on any atom is 0.240 e. The average molecular weight is 571 g/mol. The van der Waals surface area contributed by atoms with Gasteiger partial charge in [-0.25, -0.2) is 9.59 Å². The van der Waals surface area contributed by atoms with Crippen molar-refractivity contribution in [1.82, 2.24) is 0 Å². The van der Waals surface area contributed by atoms with Gasteiger partial charge < -0.3 is 14.9 Å². The summed E-state index contributed by atoms with van der Waals surface area (Å²) in [5.41, 5.74) is 5.50. The highest BCUT2D eigenvalue weighted by Crippen LogP contribution is 2.33.